The highest BCUT2D eigenvalue weighted by Gasteiger charge is 2.08. The molecule has 0 heterocycles. The fraction of sp³-hybridized carbons (Fsp3) is 0.250. The molecule has 0 spiro atoms. The fourth-order valence-corrected chi connectivity index (χ4v) is 2.49. The lowest BCUT2D eigenvalue weighted by Gasteiger charge is -2.14. The first kappa shape index (κ1) is 17.9. The molecule has 0 saturated carbocycles. The van der Waals surface area contributed by atoms with E-state index in [1.807, 2.05) is 61.7 Å². The Labute approximate surface area is 143 Å². The zero-order valence-electron chi connectivity index (χ0n) is 14.0. The van der Waals surface area contributed by atoms with Crippen molar-refractivity contribution in [3.8, 4) is 0 Å². The minimum atomic E-state index is -0.127. The number of likely N-dealkylation sites (N-methyl/N-ethyl adjacent to an activating group) is 1. The lowest BCUT2D eigenvalue weighted by atomic mass is 10.1. The maximum Gasteiger partial charge on any atom is 0.255 e. The molecule has 2 rings (SSSR count). The summed E-state index contributed by atoms with van der Waals surface area (Å²) in [6.45, 7) is 5.43. The second-order valence-electron chi connectivity index (χ2n) is 5.81. The van der Waals surface area contributed by atoms with Crippen molar-refractivity contribution < 1.29 is 9.90 Å². The quantitative estimate of drug-likeness (QED) is 0.734. The molecule has 2 aromatic carbocycles. The van der Waals surface area contributed by atoms with Crippen molar-refractivity contribution in [2.45, 2.75) is 13.0 Å². The van der Waals surface area contributed by atoms with Gasteiger partial charge in [0.15, 0.2) is 0 Å². The third-order valence-electron chi connectivity index (χ3n) is 3.69. The summed E-state index contributed by atoms with van der Waals surface area (Å²) in [7, 11) is 2.02. The van der Waals surface area contributed by atoms with Gasteiger partial charge in [-0.1, -0.05) is 30.3 Å². The SMILES string of the molecule is C=CCN(C)Cc1cccc(C(=O)Nc2ccc(CCO)cc2)c1. The van der Waals surface area contributed by atoms with E-state index in [2.05, 4.69) is 16.8 Å². The zero-order chi connectivity index (χ0) is 17.4. The van der Waals surface area contributed by atoms with Crippen LogP contribution in [0.2, 0.25) is 0 Å². The van der Waals surface area contributed by atoms with Gasteiger partial charge >= 0.3 is 0 Å². The largest absolute Gasteiger partial charge is 0.396 e. The van der Waals surface area contributed by atoms with Crippen LogP contribution in [0.15, 0.2) is 61.2 Å². The number of amides is 1. The van der Waals surface area contributed by atoms with Crippen molar-refractivity contribution in [3.05, 3.63) is 77.9 Å². The minimum Gasteiger partial charge on any atom is -0.396 e. The third kappa shape index (κ3) is 5.33. The Balaban J connectivity index is 2.02. The molecule has 126 valence electrons. The van der Waals surface area contributed by atoms with Gasteiger partial charge in [-0.3, -0.25) is 9.69 Å². The Kier molecular flexibility index (Phi) is 6.73. The number of nitrogens with zero attached hydrogens (tertiary/aromatic N) is 1. The van der Waals surface area contributed by atoms with E-state index in [0.717, 1.165) is 29.9 Å². The average Bonchev–Trinajstić information content (AvgIpc) is 2.57. The summed E-state index contributed by atoms with van der Waals surface area (Å²) < 4.78 is 0. The molecular formula is C20H24N2O2. The van der Waals surface area contributed by atoms with Crippen LogP contribution in [0.1, 0.15) is 21.5 Å². The first-order chi connectivity index (χ1) is 11.6. The van der Waals surface area contributed by atoms with Crippen LogP contribution in [0.3, 0.4) is 0 Å². The predicted octanol–water partition coefficient (Wildman–Crippen LogP) is 3.09. The maximum absolute atomic E-state index is 12.4. The molecule has 0 radical (unpaired) electrons. The van der Waals surface area contributed by atoms with Gasteiger partial charge in [-0.05, 0) is 48.9 Å². The van der Waals surface area contributed by atoms with Gasteiger partial charge in [0, 0.05) is 30.9 Å². The molecule has 0 aliphatic carbocycles. The second-order valence-corrected chi connectivity index (χ2v) is 5.81. The molecular weight excluding hydrogens is 300 g/mol. The Bertz CT molecular complexity index is 680. The van der Waals surface area contributed by atoms with Gasteiger partial charge in [0.05, 0.1) is 0 Å². The Morgan fingerprint density at radius 2 is 1.96 bits per heavy atom. The highest BCUT2D eigenvalue weighted by Crippen LogP contribution is 2.13. The topological polar surface area (TPSA) is 52.6 Å². The molecule has 0 aliphatic rings. The highest BCUT2D eigenvalue weighted by atomic mass is 16.2. The van der Waals surface area contributed by atoms with E-state index < -0.39 is 0 Å². The van der Waals surface area contributed by atoms with Crippen molar-refractivity contribution in [1.29, 1.82) is 0 Å². The van der Waals surface area contributed by atoms with E-state index >= 15 is 0 Å². The summed E-state index contributed by atoms with van der Waals surface area (Å²) in [6.07, 6.45) is 2.48. The first-order valence-corrected chi connectivity index (χ1v) is 8.02. The van der Waals surface area contributed by atoms with E-state index in [-0.39, 0.29) is 12.5 Å². The maximum atomic E-state index is 12.4. The minimum absolute atomic E-state index is 0.124. The third-order valence-corrected chi connectivity index (χ3v) is 3.69. The van der Waals surface area contributed by atoms with Crippen molar-refractivity contribution >= 4 is 11.6 Å². The number of anilines is 1. The van der Waals surface area contributed by atoms with Gasteiger partial charge in [0.1, 0.15) is 0 Å². The number of carbonyl (C=O) groups is 1. The monoisotopic (exact) mass is 324 g/mol. The van der Waals surface area contributed by atoms with Crippen LogP contribution in [-0.4, -0.2) is 36.1 Å². The lowest BCUT2D eigenvalue weighted by Crippen LogP contribution is -2.18. The number of nitrogens with one attached hydrogen (secondary N) is 1. The molecule has 0 aliphatic heterocycles. The van der Waals surface area contributed by atoms with Crippen LogP contribution < -0.4 is 5.32 Å². The van der Waals surface area contributed by atoms with Crippen LogP contribution in [0.5, 0.6) is 0 Å². The molecule has 2 N–H and O–H groups in total. The van der Waals surface area contributed by atoms with Gasteiger partial charge in [0.25, 0.3) is 5.91 Å². The van der Waals surface area contributed by atoms with Gasteiger partial charge < -0.3 is 10.4 Å². The van der Waals surface area contributed by atoms with E-state index in [0.29, 0.717) is 12.0 Å². The highest BCUT2D eigenvalue weighted by molar-refractivity contribution is 6.04. The van der Waals surface area contributed by atoms with Gasteiger partial charge in [0.2, 0.25) is 0 Å². The van der Waals surface area contributed by atoms with Crippen LogP contribution in [0, 0.1) is 0 Å². The number of rotatable bonds is 8. The summed E-state index contributed by atoms with van der Waals surface area (Å²) in [4.78, 5) is 14.5. The smallest absolute Gasteiger partial charge is 0.255 e. The Morgan fingerprint density at radius 3 is 2.62 bits per heavy atom. The standard InChI is InChI=1S/C20H24N2O2/c1-3-12-22(2)15-17-5-4-6-18(14-17)20(24)21-19-9-7-16(8-10-19)11-13-23/h3-10,14,23H,1,11-13,15H2,2H3,(H,21,24). The molecule has 2 aromatic rings. The predicted molar refractivity (Wildman–Crippen MR) is 98.2 cm³/mol. The van der Waals surface area contributed by atoms with Crippen LogP contribution in [0.4, 0.5) is 5.69 Å². The van der Waals surface area contributed by atoms with Crippen molar-refractivity contribution in [1.82, 2.24) is 4.90 Å². The molecule has 4 heteroatoms. The van der Waals surface area contributed by atoms with E-state index in [1.54, 1.807) is 0 Å². The van der Waals surface area contributed by atoms with Crippen LogP contribution in [-0.2, 0) is 13.0 Å². The Morgan fingerprint density at radius 1 is 1.21 bits per heavy atom. The van der Waals surface area contributed by atoms with E-state index in [4.69, 9.17) is 5.11 Å². The molecule has 0 bridgehead atoms. The first-order valence-electron chi connectivity index (χ1n) is 8.02. The molecule has 0 aromatic heterocycles. The van der Waals surface area contributed by atoms with Crippen LogP contribution >= 0.6 is 0 Å². The fourth-order valence-electron chi connectivity index (χ4n) is 2.49. The summed E-state index contributed by atoms with van der Waals surface area (Å²) in [5.41, 5.74) is 3.52. The molecule has 0 unspecified atom stereocenters. The van der Waals surface area contributed by atoms with Crippen LogP contribution in [0.25, 0.3) is 0 Å². The van der Waals surface area contributed by atoms with E-state index in [1.165, 1.54) is 0 Å². The molecule has 0 fully saturated rings. The summed E-state index contributed by atoms with van der Waals surface area (Å²) in [6, 6.07) is 15.2. The summed E-state index contributed by atoms with van der Waals surface area (Å²) in [5, 5.41) is 11.8. The van der Waals surface area contributed by atoms with Gasteiger partial charge in [-0.2, -0.15) is 0 Å². The number of benzene rings is 2. The summed E-state index contributed by atoms with van der Waals surface area (Å²) in [5.74, 6) is -0.127. The zero-order valence-corrected chi connectivity index (χ0v) is 14.0. The van der Waals surface area contributed by atoms with Gasteiger partial charge in [-0.15, -0.1) is 6.58 Å². The van der Waals surface area contributed by atoms with Gasteiger partial charge in [-0.25, -0.2) is 0 Å². The number of aliphatic hydroxyl groups excluding tert-OH is 1. The molecule has 0 atom stereocenters. The van der Waals surface area contributed by atoms with Crippen molar-refractivity contribution in [2.75, 3.05) is 25.5 Å². The number of hydrogen-bond acceptors (Lipinski definition) is 3. The number of aliphatic hydroxyl groups is 1. The summed E-state index contributed by atoms with van der Waals surface area (Å²) >= 11 is 0. The number of hydrogen-bond donors (Lipinski definition) is 2. The lowest BCUT2D eigenvalue weighted by molar-refractivity contribution is 0.102. The average molecular weight is 324 g/mol. The normalized spacial score (nSPS) is 10.6. The molecule has 0 saturated heterocycles. The molecule has 4 nitrogen and oxygen atoms in total. The van der Waals surface area contributed by atoms with E-state index in [9.17, 15) is 4.79 Å². The van der Waals surface area contributed by atoms with Crippen molar-refractivity contribution in [2.24, 2.45) is 0 Å². The number of carbonyl (C=O) groups excluding carboxylic acids is 1. The molecule has 24 heavy (non-hydrogen) atoms. The van der Waals surface area contributed by atoms with Crippen molar-refractivity contribution in [3.63, 3.8) is 0 Å². The second kappa shape index (κ2) is 9.01. The Hall–Kier alpha value is -2.43. The molecule has 1 amide bonds.